The van der Waals surface area contributed by atoms with Crippen LogP contribution in [0.3, 0.4) is 0 Å². The van der Waals surface area contributed by atoms with Crippen molar-refractivity contribution in [2.24, 2.45) is 0 Å². The molecule has 2 rings (SSSR count). The van der Waals surface area contributed by atoms with Gasteiger partial charge >= 0.3 is 0 Å². The first-order chi connectivity index (χ1) is 8.19. The van der Waals surface area contributed by atoms with E-state index in [0.29, 0.717) is 12.8 Å². The van der Waals surface area contributed by atoms with Crippen LogP contribution in [0.15, 0.2) is 10.7 Å². The van der Waals surface area contributed by atoms with Crippen molar-refractivity contribution in [3.05, 3.63) is 16.4 Å². The van der Waals surface area contributed by atoms with Crippen LogP contribution in [0.2, 0.25) is 0 Å². The molecule has 1 aliphatic rings. The minimum absolute atomic E-state index is 0.0213. The van der Waals surface area contributed by atoms with Crippen LogP contribution in [-0.4, -0.2) is 15.7 Å². The first-order valence-electron chi connectivity index (χ1n) is 6.32. The minimum Gasteiger partial charge on any atom is -0.266 e. The largest absolute Gasteiger partial charge is 0.266 e. The number of alkyl halides is 2. The van der Waals surface area contributed by atoms with Gasteiger partial charge in [-0.3, -0.25) is 4.68 Å². The predicted molar refractivity (Wildman–Crippen MR) is 71.1 cm³/mol. The topological polar surface area (TPSA) is 17.8 Å². The van der Waals surface area contributed by atoms with Gasteiger partial charge in [0.2, 0.25) is 5.92 Å². The maximum atomic E-state index is 13.2. The Morgan fingerprint density at radius 1 is 1.33 bits per heavy atom. The van der Waals surface area contributed by atoms with Gasteiger partial charge in [-0.05, 0) is 49.5 Å². The van der Waals surface area contributed by atoms with Crippen molar-refractivity contribution in [3.8, 4) is 0 Å². The maximum Gasteiger partial charge on any atom is 0.248 e. The molecule has 0 aliphatic heterocycles. The quantitative estimate of drug-likeness (QED) is 0.733. The van der Waals surface area contributed by atoms with Crippen LogP contribution in [0.1, 0.15) is 58.1 Å². The van der Waals surface area contributed by atoms with E-state index in [4.69, 9.17) is 0 Å². The summed E-state index contributed by atoms with van der Waals surface area (Å²) >= 11 is 3.50. The third kappa shape index (κ3) is 2.92. The second-order valence-corrected chi connectivity index (χ2v) is 6.96. The number of nitrogens with zero attached hydrogens (tertiary/aromatic N) is 2. The van der Waals surface area contributed by atoms with E-state index in [1.807, 2.05) is 10.9 Å². The van der Waals surface area contributed by atoms with Crippen LogP contribution in [0.4, 0.5) is 8.78 Å². The fraction of sp³-hybridized carbons (Fsp3) is 0.769. The Kier molecular flexibility index (Phi) is 3.56. The lowest BCUT2D eigenvalue weighted by atomic mass is 9.85. The van der Waals surface area contributed by atoms with Crippen LogP contribution in [0.5, 0.6) is 0 Å². The Hall–Kier alpha value is -0.450. The summed E-state index contributed by atoms with van der Waals surface area (Å²) in [6.45, 7) is 6.22. The number of hydrogen-bond donors (Lipinski definition) is 0. The average Bonchev–Trinajstić information content (AvgIpc) is 2.60. The summed E-state index contributed by atoms with van der Waals surface area (Å²) in [5.41, 5.74) is 0.847. The van der Waals surface area contributed by atoms with Gasteiger partial charge < -0.3 is 0 Å². The van der Waals surface area contributed by atoms with Gasteiger partial charge in [-0.25, -0.2) is 8.78 Å². The van der Waals surface area contributed by atoms with Crippen molar-refractivity contribution >= 4 is 15.9 Å². The van der Waals surface area contributed by atoms with Gasteiger partial charge in [0, 0.05) is 25.0 Å². The van der Waals surface area contributed by atoms with Gasteiger partial charge in [0.15, 0.2) is 0 Å². The van der Waals surface area contributed by atoms with Crippen LogP contribution in [0, 0.1) is 0 Å². The Labute approximate surface area is 115 Å². The number of rotatable bonds is 1. The fourth-order valence-electron chi connectivity index (χ4n) is 2.30. The molecule has 2 nitrogen and oxygen atoms in total. The van der Waals surface area contributed by atoms with E-state index in [1.54, 1.807) is 0 Å². The predicted octanol–water partition coefficient (Wildman–Crippen LogP) is 4.69. The first kappa shape index (κ1) is 14.0. The van der Waals surface area contributed by atoms with E-state index in [0.717, 1.165) is 10.2 Å². The molecular weight excluding hydrogens is 302 g/mol. The van der Waals surface area contributed by atoms with E-state index in [-0.39, 0.29) is 24.3 Å². The fourth-order valence-corrected chi connectivity index (χ4v) is 2.90. The molecule has 1 aliphatic carbocycles. The molecule has 1 heterocycles. The molecule has 1 aromatic heterocycles. The number of halogens is 3. The summed E-state index contributed by atoms with van der Waals surface area (Å²) in [6.07, 6.45) is 2.95. The summed E-state index contributed by atoms with van der Waals surface area (Å²) < 4.78 is 29.1. The van der Waals surface area contributed by atoms with Gasteiger partial charge in [-0.1, -0.05) is 0 Å². The molecule has 1 aromatic rings. The lowest BCUT2D eigenvalue weighted by Crippen LogP contribution is -2.25. The molecule has 1 saturated carbocycles. The highest BCUT2D eigenvalue weighted by atomic mass is 79.9. The van der Waals surface area contributed by atoms with Gasteiger partial charge in [0.05, 0.1) is 15.7 Å². The number of hydrogen-bond acceptors (Lipinski definition) is 1. The van der Waals surface area contributed by atoms with Crippen molar-refractivity contribution < 1.29 is 8.78 Å². The molecule has 0 amide bonds. The molecule has 0 saturated heterocycles. The van der Waals surface area contributed by atoms with Gasteiger partial charge in [0.25, 0.3) is 0 Å². The molecule has 18 heavy (non-hydrogen) atoms. The van der Waals surface area contributed by atoms with E-state index in [9.17, 15) is 8.78 Å². The lowest BCUT2D eigenvalue weighted by molar-refractivity contribution is -0.0385. The standard InChI is InChI=1S/C13H19BrF2N2/c1-12(2,3)18-8-10(14)11(17-18)9-4-6-13(15,16)7-5-9/h8-9H,4-7H2,1-3H3. The minimum atomic E-state index is -2.48. The smallest absolute Gasteiger partial charge is 0.248 e. The Balaban J connectivity index is 2.17. The third-order valence-electron chi connectivity index (χ3n) is 3.49. The van der Waals surface area contributed by atoms with E-state index in [2.05, 4.69) is 41.8 Å². The van der Waals surface area contributed by atoms with Crippen LogP contribution in [-0.2, 0) is 5.54 Å². The zero-order valence-corrected chi connectivity index (χ0v) is 12.6. The van der Waals surface area contributed by atoms with Crippen molar-refractivity contribution in [2.45, 2.75) is 63.8 Å². The van der Waals surface area contributed by atoms with Crippen molar-refractivity contribution in [3.63, 3.8) is 0 Å². The Morgan fingerprint density at radius 2 is 1.89 bits per heavy atom. The second kappa shape index (κ2) is 4.58. The maximum absolute atomic E-state index is 13.2. The molecule has 0 spiro atoms. The molecule has 102 valence electrons. The van der Waals surface area contributed by atoms with Crippen LogP contribution in [0.25, 0.3) is 0 Å². The van der Waals surface area contributed by atoms with Gasteiger partial charge in [-0.15, -0.1) is 0 Å². The molecular formula is C13H19BrF2N2. The summed E-state index contributed by atoms with van der Waals surface area (Å²) in [5.74, 6) is -2.32. The normalized spacial score (nSPS) is 21.2. The zero-order valence-electron chi connectivity index (χ0n) is 11.0. The Morgan fingerprint density at radius 3 is 2.33 bits per heavy atom. The number of aromatic nitrogens is 2. The molecule has 5 heteroatoms. The third-order valence-corrected chi connectivity index (χ3v) is 4.10. The van der Waals surface area contributed by atoms with E-state index < -0.39 is 5.92 Å². The van der Waals surface area contributed by atoms with Crippen LogP contribution < -0.4 is 0 Å². The average molecular weight is 321 g/mol. The van der Waals surface area contributed by atoms with Gasteiger partial charge in [-0.2, -0.15) is 5.10 Å². The molecule has 0 unspecified atom stereocenters. The Bertz CT molecular complexity index is 425. The van der Waals surface area contributed by atoms with Crippen LogP contribution >= 0.6 is 15.9 Å². The highest BCUT2D eigenvalue weighted by Gasteiger charge is 2.37. The molecule has 0 aromatic carbocycles. The molecule has 0 atom stereocenters. The van der Waals surface area contributed by atoms with Crippen molar-refractivity contribution in [1.29, 1.82) is 0 Å². The molecule has 0 radical (unpaired) electrons. The second-order valence-electron chi connectivity index (χ2n) is 6.11. The summed E-state index contributed by atoms with van der Waals surface area (Å²) in [5, 5.41) is 4.58. The SMILES string of the molecule is CC(C)(C)n1cc(Br)c(C2CCC(F)(F)CC2)n1. The highest BCUT2D eigenvalue weighted by molar-refractivity contribution is 9.10. The monoisotopic (exact) mass is 320 g/mol. The lowest BCUT2D eigenvalue weighted by Gasteiger charge is -2.27. The van der Waals surface area contributed by atoms with Crippen molar-refractivity contribution in [1.82, 2.24) is 9.78 Å². The van der Waals surface area contributed by atoms with Crippen molar-refractivity contribution in [2.75, 3.05) is 0 Å². The molecule has 0 bridgehead atoms. The zero-order chi connectivity index (χ0) is 13.6. The molecule has 1 fully saturated rings. The summed E-state index contributed by atoms with van der Waals surface area (Å²) in [4.78, 5) is 0. The van der Waals surface area contributed by atoms with Gasteiger partial charge in [0.1, 0.15) is 0 Å². The highest BCUT2D eigenvalue weighted by Crippen LogP contribution is 2.42. The first-order valence-corrected chi connectivity index (χ1v) is 7.12. The van der Waals surface area contributed by atoms with E-state index in [1.165, 1.54) is 0 Å². The summed E-state index contributed by atoms with van der Waals surface area (Å²) in [7, 11) is 0. The molecule has 0 N–H and O–H groups in total. The van der Waals surface area contributed by atoms with E-state index >= 15 is 0 Å². The summed E-state index contributed by atoms with van der Waals surface area (Å²) in [6, 6.07) is 0.